The van der Waals surface area contributed by atoms with Gasteiger partial charge in [0.2, 0.25) is 5.91 Å². The van der Waals surface area contributed by atoms with Crippen molar-refractivity contribution in [1.29, 1.82) is 0 Å². The highest BCUT2D eigenvalue weighted by molar-refractivity contribution is 5.89. The topological polar surface area (TPSA) is 73.2 Å². The Bertz CT molecular complexity index is 748. The molecule has 1 heterocycles. The lowest BCUT2D eigenvalue weighted by molar-refractivity contribution is -0.121. The first kappa shape index (κ1) is 18.7. The molecule has 6 heteroatoms. The number of hydrogen-bond donors (Lipinski definition) is 1. The molecule has 1 amide bonds. The summed E-state index contributed by atoms with van der Waals surface area (Å²) in [6.45, 7) is 4.56. The molecule has 0 fully saturated rings. The molecule has 0 aliphatic heterocycles. The molecule has 0 spiro atoms. The minimum atomic E-state index is -0.346. The molecule has 0 aliphatic carbocycles. The second-order valence-electron chi connectivity index (χ2n) is 6.06. The summed E-state index contributed by atoms with van der Waals surface area (Å²) in [5.74, 6) is -0.310. The molecule has 1 aromatic heterocycles. The van der Waals surface area contributed by atoms with Gasteiger partial charge < -0.3 is 10.1 Å². The molecule has 0 atom stereocenters. The predicted octanol–water partition coefficient (Wildman–Crippen LogP) is 2.12. The van der Waals surface area contributed by atoms with Crippen molar-refractivity contribution in [2.75, 3.05) is 13.7 Å². The second-order valence-corrected chi connectivity index (χ2v) is 6.06. The first-order valence-corrected chi connectivity index (χ1v) is 8.35. The maximum absolute atomic E-state index is 12.0. The summed E-state index contributed by atoms with van der Waals surface area (Å²) in [5.41, 5.74) is 4.83. The lowest BCUT2D eigenvalue weighted by Crippen LogP contribution is -2.26. The number of aromatic nitrogens is 2. The van der Waals surface area contributed by atoms with E-state index in [-0.39, 0.29) is 11.9 Å². The second kappa shape index (κ2) is 8.46. The minimum absolute atomic E-state index is 0.0360. The summed E-state index contributed by atoms with van der Waals surface area (Å²) in [7, 11) is 3.28. The van der Waals surface area contributed by atoms with Crippen LogP contribution in [0.2, 0.25) is 0 Å². The molecule has 2 rings (SSSR count). The van der Waals surface area contributed by atoms with E-state index in [2.05, 4.69) is 15.2 Å². The van der Waals surface area contributed by atoms with Gasteiger partial charge >= 0.3 is 5.97 Å². The Labute approximate surface area is 148 Å². The van der Waals surface area contributed by atoms with Crippen LogP contribution >= 0.6 is 0 Å². The van der Waals surface area contributed by atoms with E-state index >= 15 is 0 Å². The Balaban J connectivity index is 1.76. The van der Waals surface area contributed by atoms with E-state index in [1.54, 1.807) is 12.1 Å². The molecule has 134 valence electrons. The lowest BCUT2D eigenvalue weighted by Gasteiger charge is -2.07. The van der Waals surface area contributed by atoms with Crippen molar-refractivity contribution in [3.05, 3.63) is 52.3 Å². The van der Waals surface area contributed by atoms with Crippen LogP contribution in [0.25, 0.3) is 0 Å². The van der Waals surface area contributed by atoms with Crippen molar-refractivity contribution >= 4 is 11.9 Å². The van der Waals surface area contributed by atoms with Crippen molar-refractivity contribution in [3.8, 4) is 0 Å². The average Bonchev–Trinajstić information content (AvgIpc) is 2.85. The number of ether oxygens (including phenoxy) is 1. The van der Waals surface area contributed by atoms with Crippen LogP contribution in [-0.4, -0.2) is 35.3 Å². The molecule has 25 heavy (non-hydrogen) atoms. The summed E-state index contributed by atoms with van der Waals surface area (Å²) < 4.78 is 6.52. The van der Waals surface area contributed by atoms with Crippen LogP contribution in [-0.2, 0) is 29.4 Å². The Hall–Kier alpha value is -2.63. The highest BCUT2D eigenvalue weighted by atomic mass is 16.5. The molecule has 1 aromatic carbocycles. The molecular weight excluding hydrogens is 318 g/mol. The van der Waals surface area contributed by atoms with E-state index in [0.29, 0.717) is 24.9 Å². The van der Waals surface area contributed by atoms with Gasteiger partial charge in [0.1, 0.15) is 0 Å². The maximum atomic E-state index is 12.0. The molecule has 0 radical (unpaired) electrons. The number of esters is 1. The number of carbonyl (C=O) groups is 2. The van der Waals surface area contributed by atoms with E-state index in [1.165, 1.54) is 7.11 Å². The normalized spacial score (nSPS) is 10.6. The Morgan fingerprint density at radius 2 is 1.84 bits per heavy atom. The van der Waals surface area contributed by atoms with Crippen LogP contribution < -0.4 is 5.32 Å². The zero-order chi connectivity index (χ0) is 18.4. The number of hydrogen-bond acceptors (Lipinski definition) is 4. The number of nitrogens with zero attached hydrogens (tertiary/aromatic N) is 2. The molecule has 0 saturated carbocycles. The number of rotatable bonds is 7. The third-order valence-electron chi connectivity index (χ3n) is 4.37. The highest BCUT2D eigenvalue weighted by Crippen LogP contribution is 2.14. The Morgan fingerprint density at radius 1 is 1.16 bits per heavy atom. The lowest BCUT2D eigenvalue weighted by atomic mass is 10.1. The monoisotopic (exact) mass is 343 g/mol. The molecular formula is C19H25N3O3. The van der Waals surface area contributed by atoms with Crippen molar-refractivity contribution in [1.82, 2.24) is 15.1 Å². The molecule has 0 aliphatic rings. The number of methoxy groups -OCH3 is 1. The van der Waals surface area contributed by atoms with Crippen molar-refractivity contribution in [2.45, 2.75) is 33.1 Å². The molecule has 2 aromatic rings. The Kier molecular flexibility index (Phi) is 6.33. The summed E-state index contributed by atoms with van der Waals surface area (Å²) in [5, 5.41) is 7.31. The van der Waals surface area contributed by atoms with Gasteiger partial charge in [-0.05, 0) is 49.9 Å². The van der Waals surface area contributed by atoms with Crippen LogP contribution in [0.5, 0.6) is 0 Å². The van der Waals surface area contributed by atoms with Gasteiger partial charge in [-0.15, -0.1) is 0 Å². The fraction of sp³-hybridized carbons (Fsp3) is 0.421. The molecule has 0 saturated heterocycles. The van der Waals surface area contributed by atoms with E-state index in [1.807, 2.05) is 37.7 Å². The molecule has 0 bridgehead atoms. The maximum Gasteiger partial charge on any atom is 0.337 e. The third-order valence-corrected chi connectivity index (χ3v) is 4.37. The van der Waals surface area contributed by atoms with E-state index < -0.39 is 0 Å². The Morgan fingerprint density at radius 3 is 2.40 bits per heavy atom. The number of aryl methyl sites for hydroxylation is 2. The fourth-order valence-electron chi connectivity index (χ4n) is 2.78. The van der Waals surface area contributed by atoms with Gasteiger partial charge in [0.15, 0.2) is 0 Å². The summed E-state index contributed by atoms with van der Waals surface area (Å²) >= 11 is 0. The highest BCUT2D eigenvalue weighted by Gasteiger charge is 2.11. The molecule has 6 nitrogen and oxygen atoms in total. The molecule has 1 N–H and O–H groups in total. The number of benzene rings is 1. The quantitative estimate of drug-likeness (QED) is 0.782. The van der Waals surface area contributed by atoms with Gasteiger partial charge in [0.05, 0.1) is 18.4 Å². The van der Waals surface area contributed by atoms with E-state index in [4.69, 9.17) is 0 Å². The van der Waals surface area contributed by atoms with Crippen LogP contribution in [0.3, 0.4) is 0 Å². The number of amides is 1. The third kappa shape index (κ3) is 4.92. The SMILES string of the molecule is COC(=O)c1ccc(CCNC(=O)CCc2c(C)nn(C)c2C)cc1. The van der Waals surface area contributed by atoms with Gasteiger partial charge in [-0.3, -0.25) is 9.48 Å². The van der Waals surface area contributed by atoms with E-state index in [9.17, 15) is 9.59 Å². The van der Waals surface area contributed by atoms with Crippen LogP contribution in [0.15, 0.2) is 24.3 Å². The average molecular weight is 343 g/mol. The largest absolute Gasteiger partial charge is 0.465 e. The van der Waals surface area contributed by atoms with Gasteiger partial charge in [-0.25, -0.2) is 4.79 Å². The standard InChI is InChI=1S/C19H25N3O3/c1-13-17(14(2)22(3)21-13)9-10-18(23)20-12-11-15-5-7-16(8-6-15)19(24)25-4/h5-8H,9-12H2,1-4H3,(H,20,23). The van der Waals surface area contributed by atoms with Crippen molar-refractivity contribution < 1.29 is 14.3 Å². The summed E-state index contributed by atoms with van der Waals surface area (Å²) in [6.07, 6.45) is 1.87. The summed E-state index contributed by atoms with van der Waals surface area (Å²) in [4.78, 5) is 23.4. The van der Waals surface area contributed by atoms with Gasteiger partial charge in [-0.1, -0.05) is 12.1 Å². The number of nitrogens with one attached hydrogen (secondary N) is 1. The number of carbonyl (C=O) groups excluding carboxylic acids is 2. The van der Waals surface area contributed by atoms with Gasteiger partial charge in [-0.2, -0.15) is 5.10 Å². The smallest absolute Gasteiger partial charge is 0.337 e. The van der Waals surface area contributed by atoms with Crippen LogP contribution in [0.4, 0.5) is 0 Å². The summed E-state index contributed by atoms with van der Waals surface area (Å²) in [6, 6.07) is 7.22. The van der Waals surface area contributed by atoms with E-state index in [0.717, 1.165) is 28.9 Å². The van der Waals surface area contributed by atoms with Gasteiger partial charge in [0.25, 0.3) is 0 Å². The zero-order valence-corrected chi connectivity index (χ0v) is 15.3. The first-order valence-electron chi connectivity index (χ1n) is 8.35. The fourth-order valence-corrected chi connectivity index (χ4v) is 2.78. The van der Waals surface area contributed by atoms with Crippen molar-refractivity contribution in [2.24, 2.45) is 7.05 Å². The minimum Gasteiger partial charge on any atom is -0.465 e. The van der Waals surface area contributed by atoms with Crippen LogP contribution in [0, 0.1) is 13.8 Å². The zero-order valence-electron chi connectivity index (χ0n) is 15.3. The molecule has 0 unspecified atom stereocenters. The first-order chi connectivity index (χ1) is 11.9. The van der Waals surface area contributed by atoms with Crippen molar-refractivity contribution in [3.63, 3.8) is 0 Å². The van der Waals surface area contributed by atoms with Gasteiger partial charge in [0, 0.05) is 25.7 Å². The predicted molar refractivity (Wildman–Crippen MR) is 95.5 cm³/mol. The van der Waals surface area contributed by atoms with Crippen LogP contribution in [0.1, 0.15) is 39.3 Å².